The number of anilines is 1. The Morgan fingerprint density at radius 1 is 1.06 bits per heavy atom. The molecule has 1 aliphatic rings. The lowest BCUT2D eigenvalue weighted by atomic mass is 9.94. The number of carbonyl (C=O) groups excluding carboxylic acids is 2. The SMILES string of the molecule is CC1CC(C)CN(S(=O)(=O)c2ccc(NC(=O)COC(=O)c3ccccc3OC(F)F)cc2)C1. The van der Waals surface area contributed by atoms with Crippen LogP contribution in [0.4, 0.5) is 14.5 Å². The molecular formula is C23H26F2N2O6S. The number of esters is 1. The molecule has 1 amide bonds. The Morgan fingerprint density at radius 3 is 2.29 bits per heavy atom. The molecule has 8 nitrogen and oxygen atoms in total. The molecule has 2 aromatic rings. The standard InChI is InChI=1S/C23H26F2N2O6S/c1-15-11-16(2)13-27(12-15)34(30,31)18-9-7-17(8-10-18)26-21(28)14-32-22(29)19-5-3-4-6-20(19)33-23(24)25/h3-10,15-16,23H,11-14H2,1-2H3,(H,26,28). The van der Waals surface area contributed by atoms with E-state index in [9.17, 15) is 26.8 Å². The molecule has 0 aliphatic carbocycles. The van der Waals surface area contributed by atoms with Gasteiger partial charge in [-0.2, -0.15) is 13.1 Å². The van der Waals surface area contributed by atoms with Gasteiger partial charge in [0.2, 0.25) is 10.0 Å². The van der Waals surface area contributed by atoms with Gasteiger partial charge in [-0.3, -0.25) is 4.79 Å². The second-order valence-electron chi connectivity index (χ2n) is 8.29. The minimum absolute atomic E-state index is 0.119. The van der Waals surface area contributed by atoms with Crippen molar-refractivity contribution in [1.82, 2.24) is 4.31 Å². The predicted octanol–water partition coefficient (Wildman–Crippen LogP) is 3.75. The van der Waals surface area contributed by atoms with E-state index in [1.807, 2.05) is 13.8 Å². The number of ether oxygens (including phenoxy) is 2. The van der Waals surface area contributed by atoms with Crippen LogP contribution in [0.5, 0.6) is 5.75 Å². The molecule has 34 heavy (non-hydrogen) atoms. The van der Waals surface area contributed by atoms with E-state index in [4.69, 9.17) is 4.74 Å². The summed E-state index contributed by atoms with van der Waals surface area (Å²) < 4.78 is 61.5. The Labute approximate surface area is 196 Å². The number of nitrogens with one attached hydrogen (secondary N) is 1. The first kappa shape index (κ1) is 25.6. The van der Waals surface area contributed by atoms with E-state index >= 15 is 0 Å². The van der Waals surface area contributed by atoms with Crippen molar-refractivity contribution in [2.45, 2.75) is 31.8 Å². The normalized spacial score (nSPS) is 19.0. The van der Waals surface area contributed by atoms with Crippen LogP contribution in [0.1, 0.15) is 30.6 Å². The van der Waals surface area contributed by atoms with Crippen LogP contribution in [0, 0.1) is 11.8 Å². The summed E-state index contributed by atoms with van der Waals surface area (Å²) in [5.74, 6) is -1.51. The minimum atomic E-state index is -3.65. The molecule has 0 bridgehead atoms. The maximum Gasteiger partial charge on any atom is 0.387 e. The molecule has 1 aliphatic heterocycles. The topological polar surface area (TPSA) is 102 Å². The Kier molecular flexibility index (Phi) is 8.21. The summed E-state index contributed by atoms with van der Waals surface area (Å²) in [7, 11) is -3.65. The number of amides is 1. The Hall–Kier alpha value is -3.05. The Balaban J connectivity index is 1.58. The van der Waals surface area contributed by atoms with Crippen molar-refractivity contribution in [3.05, 3.63) is 54.1 Å². The Morgan fingerprint density at radius 2 is 1.68 bits per heavy atom. The fourth-order valence-electron chi connectivity index (χ4n) is 3.90. The molecule has 3 rings (SSSR count). The van der Waals surface area contributed by atoms with Gasteiger partial charge < -0.3 is 14.8 Å². The van der Waals surface area contributed by atoms with E-state index in [2.05, 4.69) is 10.1 Å². The number of nitrogens with zero attached hydrogens (tertiary/aromatic N) is 1. The van der Waals surface area contributed by atoms with Crippen molar-refractivity contribution < 1.29 is 36.3 Å². The van der Waals surface area contributed by atoms with Crippen LogP contribution in [0.15, 0.2) is 53.4 Å². The molecule has 1 heterocycles. The second kappa shape index (κ2) is 10.9. The molecule has 0 saturated carbocycles. The van der Waals surface area contributed by atoms with Crippen LogP contribution < -0.4 is 10.1 Å². The zero-order chi connectivity index (χ0) is 24.9. The van der Waals surface area contributed by atoms with Crippen LogP contribution >= 0.6 is 0 Å². The number of sulfonamides is 1. The molecule has 0 radical (unpaired) electrons. The van der Waals surface area contributed by atoms with Crippen LogP contribution in [0.2, 0.25) is 0 Å². The number of para-hydroxylation sites is 1. The van der Waals surface area contributed by atoms with Crippen LogP contribution in [0.3, 0.4) is 0 Å². The number of piperidine rings is 1. The van der Waals surface area contributed by atoms with Gasteiger partial charge in [0, 0.05) is 18.8 Å². The zero-order valence-corrected chi connectivity index (χ0v) is 19.6. The fraction of sp³-hybridized carbons (Fsp3) is 0.391. The third-order valence-electron chi connectivity index (χ3n) is 5.27. The highest BCUT2D eigenvalue weighted by Crippen LogP contribution is 2.27. The number of halogens is 2. The van der Waals surface area contributed by atoms with Crippen LogP contribution in [0.25, 0.3) is 0 Å². The third-order valence-corrected chi connectivity index (χ3v) is 7.11. The second-order valence-corrected chi connectivity index (χ2v) is 10.2. The van der Waals surface area contributed by atoms with Gasteiger partial charge in [-0.15, -0.1) is 0 Å². The molecule has 2 unspecified atom stereocenters. The van der Waals surface area contributed by atoms with Gasteiger partial charge >= 0.3 is 12.6 Å². The Bertz CT molecular complexity index is 1110. The first-order valence-corrected chi connectivity index (χ1v) is 12.1. The minimum Gasteiger partial charge on any atom is -0.452 e. The summed E-state index contributed by atoms with van der Waals surface area (Å²) in [6.07, 6.45) is 0.979. The summed E-state index contributed by atoms with van der Waals surface area (Å²) in [4.78, 5) is 24.4. The monoisotopic (exact) mass is 496 g/mol. The largest absolute Gasteiger partial charge is 0.452 e. The van der Waals surface area contributed by atoms with Crippen molar-refractivity contribution in [2.24, 2.45) is 11.8 Å². The van der Waals surface area contributed by atoms with Crippen LogP contribution in [-0.2, 0) is 19.6 Å². The van der Waals surface area contributed by atoms with E-state index in [-0.39, 0.29) is 28.0 Å². The average Bonchev–Trinajstić information content (AvgIpc) is 2.77. The van der Waals surface area contributed by atoms with Gasteiger partial charge in [0.15, 0.2) is 6.61 Å². The molecule has 1 N–H and O–H groups in total. The summed E-state index contributed by atoms with van der Waals surface area (Å²) in [6.45, 7) is 1.17. The first-order chi connectivity index (χ1) is 16.1. The first-order valence-electron chi connectivity index (χ1n) is 10.7. The summed E-state index contributed by atoms with van der Waals surface area (Å²) in [5.41, 5.74) is 0.0633. The van der Waals surface area contributed by atoms with Crippen molar-refractivity contribution >= 4 is 27.6 Å². The molecule has 11 heteroatoms. The highest BCUT2D eigenvalue weighted by Gasteiger charge is 2.31. The average molecular weight is 497 g/mol. The number of hydrogen-bond donors (Lipinski definition) is 1. The smallest absolute Gasteiger partial charge is 0.387 e. The quantitative estimate of drug-likeness (QED) is 0.559. The van der Waals surface area contributed by atoms with E-state index in [0.717, 1.165) is 6.42 Å². The molecule has 2 atom stereocenters. The van der Waals surface area contributed by atoms with Gasteiger partial charge in [0.25, 0.3) is 5.91 Å². The number of alkyl halides is 2. The van der Waals surface area contributed by atoms with Gasteiger partial charge in [0.05, 0.1) is 4.90 Å². The molecule has 2 aromatic carbocycles. The number of benzene rings is 2. The van der Waals surface area contributed by atoms with Gasteiger partial charge in [-0.25, -0.2) is 13.2 Å². The third kappa shape index (κ3) is 6.51. The maximum absolute atomic E-state index is 12.9. The molecule has 1 fully saturated rings. The summed E-state index contributed by atoms with van der Waals surface area (Å²) >= 11 is 0. The van der Waals surface area contributed by atoms with Gasteiger partial charge in [-0.1, -0.05) is 26.0 Å². The molecular weight excluding hydrogens is 470 g/mol. The van der Waals surface area contributed by atoms with E-state index in [0.29, 0.717) is 18.8 Å². The number of rotatable bonds is 8. The number of hydrogen-bond acceptors (Lipinski definition) is 6. The zero-order valence-electron chi connectivity index (χ0n) is 18.7. The van der Waals surface area contributed by atoms with Gasteiger partial charge in [-0.05, 0) is 54.7 Å². The molecule has 1 saturated heterocycles. The van der Waals surface area contributed by atoms with Crippen LogP contribution in [-0.4, -0.2) is 50.9 Å². The lowest BCUT2D eigenvalue weighted by Crippen LogP contribution is -2.42. The van der Waals surface area contributed by atoms with Crippen molar-refractivity contribution in [2.75, 3.05) is 25.0 Å². The van der Waals surface area contributed by atoms with Crippen molar-refractivity contribution in [3.8, 4) is 5.75 Å². The molecule has 184 valence electrons. The lowest BCUT2D eigenvalue weighted by Gasteiger charge is -2.34. The van der Waals surface area contributed by atoms with E-state index in [1.54, 1.807) is 0 Å². The predicted molar refractivity (Wildman–Crippen MR) is 120 cm³/mol. The molecule has 0 spiro atoms. The highest BCUT2D eigenvalue weighted by molar-refractivity contribution is 7.89. The summed E-state index contributed by atoms with van der Waals surface area (Å²) in [5, 5.41) is 2.49. The van der Waals surface area contributed by atoms with E-state index in [1.165, 1.54) is 52.8 Å². The van der Waals surface area contributed by atoms with Crippen molar-refractivity contribution in [1.29, 1.82) is 0 Å². The lowest BCUT2D eigenvalue weighted by molar-refractivity contribution is -0.119. The summed E-state index contributed by atoms with van der Waals surface area (Å²) in [6, 6.07) is 11.0. The van der Waals surface area contributed by atoms with Crippen molar-refractivity contribution in [3.63, 3.8) is 0 Å². The number of carbonyl (C=O) groups is 2. The van der Waals surface area contributed by atoms with Gasteiger partial charge in [0.1, 0.15) is 11.3 Å². The molecule has 0 aromatic heterocycles. The van der Waals surface area contributed by atoms with E-state index < -0.39 is 35.1 Å². The highest BCUT2D eigenvalue weighted by atomic mass is 32.2. The fourth-order valence-corrected chi connectivity index (χ4v) is 5.58. The maximum atomic E-state index is 12.9.